The van der Waals surface area contributed by atoms with Gasteiger partial charge in [-0.25, -0.2) is 0 Å². The lowest BCUT2D eigenvalue weighted by molar-refractivity contribution is 0.870. The smallest absolute Gasteiger partial charge is 0.0998 e. The van der Waals surface area contributed by atoms with E-state index in [1.807, 2.05) is 43.3 Å². The van der Waals surface area contributed by atoms with E-state index in [-0.39, 0.29) is 0 Å². The fraction of sp³-hybridized carbons (Fsp3) is 0.128. The van der Waals surface area contributed by atoms with E-state index >= 15 is 0 Å². The number of benzene rings is 3. The Kier molecular flexibility index (Phi) is 6.54. The molecule has 3 aromatic carbocycles. The van der Waals surface area contributed by atoms with Crippen molar-refractivity contribution in [2.75, 3.05) is 0 Å². The van der Waals surface area contributed by atoms with Crippen molar-refractivity contribution in [3.8, 4) is 34.6 Å². The number of hydrogen-bond donors (Lipinski definition) is 0. The van der Waals surface area contributed by atoms with Gasteiger partial charge >= 0.3 is 0 Å². The van der Waals surface area contributed by atoms with Crippen molar-refractivity contribution >= 4 is 35.2 Å². The molecule has 2 aromatic heterocycles. The van der Waals surface area contributed by atoms with Gasteiger partial charge in [0.1, 0.15) is 0 Å². The summed E-state index contributed by atoms with van der Waals surface area (Å²) < 4.78 is 4.62. The summed E-state index contributed by atoms with van der Waals surface area (Å²) >= 11 is 0. The summed E-state index contributed by atoms with van der Waals surface area (Å²) in [7, 11) is 0. The summed E-state index contributed by atoms with van der Waals surface area (Å²) in [5.41, 5.74) is 13.0. The highest BCUT2D eigenvalue weighted by atomic mass is 15.0. The average molecular weight is 555 g/mol. The lowest BCUT2D eigenvalue weighted by atomic mass is 9.95. The van der Waals surface area contributed by atoms with Crippen LogP contribution in [0.25, 0.3) is 57.7 Å². The van der Waals surface area contributed by atoms with E-state index < -0.39 is 0 Å². The third-order valence-corrected chi connectivity index (χ3v) is 8.63. The quantitative estimate of drug-likeness (QED) is 0.217. The molecule has 7 rings (SSSR count). The van der Waals surface area contributed by atoms with Gasteiger partial charge in [-0.15, -0.1) is 0 Å². The van der Waals surface area contributed by atoms with Gasteiger partial charge in [-0.3, -0.25) is 0 Å². The van der Waals surface area contributed by atoms with E-state index in [1.165, 1.54) is 27.9 Å². The molecular weight excluding hydrogens is 524 g/mol. The van der Waals surface area contributed by atoms with Gasteiger partial charge in [0.15, 0.2) is 0 Å². The van der Waals surface area contributed by atoms with E-state index in [0.29, 0.717) is 11.1 Å². The Morgan fingerprint density at radius 3 is 2.33 bits per heavy atom. The van der Waals surface area contributed by atoms with Crippen molar-refractivity contribution < 1.29 is 0 Å². The van der Waals surface area contributed by atoms with Crippen LogP contribution in [0.15, 0.2) is 85.5 Å². The van der Waals surface area contributed by atoms with Crippen LogP contribution in [0.3, 0.4) is 0 Å². The molecule has 4 heteroatoms. The molecule has 2 aliphatic carbocycles. The molecule has 0 saturated carbocycles. The Morgan fingerprint density at radius 1 is 0.814 bits per heavy atom. The molecule has 0 saturated heterocycles. The Bertz CT molecular complexity index is 2130. The first-order valence-electron chi connectivity index (χ1n) is 14.8. The molecule has 43 heavy (non-hydrogen) atoms. The molecule has 4 nitrogen and oxygen atoms in total. The van der Waals surface area contributed by atoms with Gasteiger partial charge in [-0.05, 0) is 81.1 Å². The van der Waals surface area contributed by atoms with Crippen molar-refractivity contribution in [1.82, 2.24) is 9.13 Å². The first kappa shape index (κ1) is 26.3. The van der Waals surface area contributed by atoms with Gasteiger partial charge in [0.05, 0.1) is 40.2 Å². The molecule has 5 aromatic rings. The SMILES string of the molecule is C=Cc1c(/C=C\C)c2c(n1-c1ccc(C#N)c(-c3cc(C#N)ccc3-n3c4c(c5ccccc53)C=CCC4)c1)CCC=C2. The maximum Gasteiger partial charge on any atom is 0.0998 e. The van der Waals surface area contributed by atoms with Crippen LogP contribution in [0.1, 0.15) is 64.7 Å². The zero-order valence-corrected chi connectivity index (χ0v) is 24.1. The topological polar surface area (TPSA) is 57.4 Å². The molecule has 206 valence electrons. The third kappa shape index (κ3) is 4.11. The van der Waals surface area contributed by atoms with Crippen LogP contribution in [0.5, 0.6) is 0 Å². The van der Waals surface area contributed by atoms with E-state index in [4.69, 9.17) is 0 Å². The fourth-order valence-electron chi connectivity index (χ4n) is 6.83. The predicted molar refractivity (Wildman–Crippen MR) is 177 cm³/mol. The second-order valence-corrected chi connectivity index (χ2v) is 11.0. The third-order valence-electron chi connectivity index (χ3n) is 8.63. The first-order chi connectivity index (χ1) is 21.2. The molecule has 2 aliphatic rings. The zero-order chi connectivity index (χ0) is 29.5. The Morgan fingerprint density at radius 2 is 1.58 bits per heavy atom. The van der Waals surface area contributed by atoms with Crippen LogP contribution in [0.4, 0.5) is 0 Å². The standard InChI is InChI=1S/C39H30N4/c1-3-11-29-30-12-5-8-15-36(30)42(35(29)4-2)28-20-19-27(25-41)33(23-28)34-22-26(24-40)18-21-39(34)43-37-16-9-6-13-31(37)32-14-7-10-17-38(32)43/h3-7,9,11-14,16,18-23H,2,8,10,15,17H2,1H3/b11-3-. The maximum atomic E-state index is 10.3. The Hall–Kier alpha value is -5.58. The van der Waals surface area contributed by atoms with Gasteiger partial charge in [0.25, 0.3) is 0 Å². The molecule has 0 amide bonds. The number of nitrogens with zero attached hydrogens (tertiary/aromatic N) is 4. The summed E-state index contributed by atoms with van der Waals surface area (Å²) in [6, 6.07) is 25.2. The minimum Gasteiger partial charge on any atom is -0.313 e. The monoisotopic (exact) mass is 554 g/mol. The molecule has 0 spiro atoms. The number of nitriles is 2. The minimum absolute atomic E-state index is 0.559. The summed E-state index contributed by atoms with van der Waals surface area (Å²) in [6.07, 6.45) is 18.8. The highest BCUT2D eigenvalue weighted by Crippen LogP contribution is 2.40. The number of rotatable bonds is 5. The van der Waals surface area contributed by atoms with Gasteiger partial charge < -0.3 is 9.13 Å². The Labute approximate surface area is 252 Å². The Balaban J connectivity index is 1.53. The van der Waals surface area contributed by atoms with Crippen molar-refractivity contribution in [2.45, 2.75) is 32.6 Å². The number of aromatic nitrogens is 2. The van der Waals surface area contributed by atoms with Crippen LogP contribution in [-0.4, -0.2) is 9.13 Å². The molecule has 0 N–H and O–H groups in total. The molecule has 0 radical (unpaired) electrons. The molecule has 0 atom stereocenters. The van der Waals surface area contributed by atoms with E-state index in [2.05, 4.69) is 94.6 Å². The van der Waals surface area contributed by atoms with Gasteiger partial charge in [-0.1, -0.05) is 61.2 Å². The lowest BCUT2D eigenvalue weighted by Crippen LogP contribution is -2.07. The van der Waals surface area contributed by atoms with Crippen molar-refractivity contribution in [2.24, 2.45) is 0 Å². The lowest BCUT2D eigenvalue weighted by Gasteiger charge is -2.20. The van der Waals surface area contributed by atoms with Crippen molar-refractivity contribution in [1.29, 1.82) is 10.5 Å². The van der Waals surface area contributed by atoms with Gasteiger partial charge in [-0.2, -0.15) is 10.5 Å². The first-order valence-corrected chi connectivity index (χ1v) is 14.8. The van der Waals surface area contributed by atoms with Crippen LogP contribution in [-0.2, 0) is 12.8 Å². The van der Waals surface area contributed by atoms with Crippen molar-refractivity contribution in [3.63, 3.8) is 0 Å². The molecule has 0 bridgehead atoms. The van der Waals surface area contributed by atoms with Crippen LogP contribution < -0.4 is 0 Å². The maximum absolute atomic E-state index is 10.3. The van der Waals surface area contributed by atoms with Gasteiger partial charge in [0.2, 0.25) is 0 Å². The normalized spacial score (nSPS) is 13.6. The molecule has 0 fully saturated rings. The summed E-state index contributed by atoms with van der Waals surface area (Å²) in [4.78, 5) is 0. The average Bonchev–Trinajstić information content (AvgIpc) is 3.57. The van der Waals surface area contributed by atoms with E-state index in [1.54, 1.807) is 0 Å². The minimum atomic E-state index is 0.559. The molecular formula is C39H30N4. The zero-order valence-electron chi connectivity index (χ0n) is 24.1. The molecule has 0 aliphatic heterocycles. The van der Waals surface area contributed by atoms with Gasteiger partial charge in [0, 0.05) is 50.3 Å². The molecule has 2 heterocycles. The number of hydrogen-bond acceptors (Lipinski definition) is 2. The highest BCUT2D eigenvalue weighted by molar-refractivity contribution is 5.95. The van der Waals surface area contributed by atoms with Crippen LogP contribution in [0.2, 0.25) is 0 Å². The highest BCUT2D eigenvalue weighted by Gasteiger charge is 2.24. The van der Waals surface area contributed by atoms with E-state index in [9.17, 15) is 10.5 Å². The van der Waals surface area contributed by atoms with E-state index in [0.717, 1.165) is 65.0 Å². The van der Waals surface area contributed by atoms with Crippen LogP contribution in [0, 0.1) is 22.7 Å². The number of fused-ring (bicyclic) bond motifs is 4. The fourth-order valence-corrected chi connectivity index (χ4v) is 6.83. The molecule has 0 unspecified atom stereocenters. The second-order valence-electron chi connectivity index (χ2n) is 11.0. The number of para-hydroxylation sites is 1. The van der Waals surface area contributed by atoms with Crippen molar-refractivity contribution in [3.05, 3.63) is 130 Å². The summed E-state index contributed by atoms with van der Waals surface area (Å²) in [5, 5.41) is 21.5. The summed E-state index contributed by atoms with van der Waals surface area (Å²) in [5.74, 6) is 0. The number of allylic oxidation sites excluding steroid dienone is 3. The predicted octanol–water partition coefficient (Wildman–Crippen LogP) is 9.43. The largest absolute Gasteiger partial charge is 0.313 e. The summed E-state index contributed by atoms with van der Waals surface area (Å²) in [6.45, 7) is 6.22. The second kappa shape index (κ2) is 10.7. The van der Waals surface area contributed by atoms with Crippen LogP contribution >= 0.6 is 0 Å².